The van der Waals surface area contributed by atoms with Crippen molar-refractivity contribution in [2.75, 3.05) is 43.6 Å². The number of hydrogen-bond donors (Lipinski definition) is 1. The van der Waals surface area contributed by atoms with Gasteiger partial charge in [-0.25, -0.2) is 14.6 Å². The first-order valence-corrected chi connectivity index (χ1v) is 8.89. The molecule has 0 radical (unpaired) electrons. The third-order valence-corrected chi connectivity index (χ3v) is 4.42. The molecule has 0 bridgehead atoms. The van der Waals surface area contributed by atoms with Crippen LogP contribution in [0.25, 0.3) is 5.69 Å². The highest BCUT2D eigenvalue weighted by Crippen LogP contribution is 2.17. The largest absolute Gasteiger partial charge is 0.497 e. The van der Waals surface area contributed by atoms with Gasteiger partial charge < -0.3 is 19.7 Å². The zero-order valence-electron chi connectivity index (χ0n) is 15.2. The van der Waals surface area contributed by atoms with Gasteiger partial charge in [-0.15, -0.1) is 0 Å². The maximum absolute atomic E-state index is 5.39. The summed E-state index contributed by atoms with van der Waals surface area (Å²) in [6.45, 7) is 3.75. The van der Waals surface area contributed by atoms with E-state index in [9.17, 15) is 0 Å². The van der Waals surface area contributed by atoms with Gasteiger partial charge in [-0.2, -0.15) is 5.10 Å². The van der Waals surface area contributed by atoms with Crippen LogP contribution in [0.4, 0.5) is 11.6 Å². The number of benzene rings is 1. The van der Waals surface area contributed by atoms with Crippen LogP contribution in [0, 0.1) is 0 Å². The van der Waals surface area contributed by atoms with E-state index >= 15 is 0 Å². The van der Waals surface area contributed by atoms with Crippen molar-refractivity contribution in [3.8, 4) is 11.4 Å². The Morgan fingerprint density at radius 1 is 1.11 bits per heavy atom. The van der Waals surface area contributed by atoms with Gasteiger partial charge in [0, 0.05) is 25.4 Å². The Morgan fingerprint density at radius 3 is 2.70 bits per heavy atom. The lowest BCUT2D eigenvalue weighted by molar-refractivity contribution is 0.122. The van der Waals surface area contributed by atoms with Gasteiger partial charge in [0.15, 0.2) is 0 Å². The molecular weight excluding hydrogens is 344 g/mol. The molecule has 1 N–H and O–H groups in total. The van der Waals surface area contributed by atoms with Gasteiger partial charge in [0.25, 0.3) is 0 Å². The molecule has 8 heteroatoms. The second-order valence-corrected chi connectivity index (χ2v) is 6.16. The number of anilines is 2. The molecule has 0 unspecified atom stereocenters. The molecule has 140 valence electrons. The van der Waals surface area contributed by atoms with Gasteiger partial charge in [-0.1, -0.05) is 0 Å². The van der Waals surface area contributed by atoms with E-state index in [1.54, 1.807) is 13.4 Å². The number of rotatable bonds is 6. The fourth-order valence-corrected chi connectivity index (χ4v) is 2.92. The standard InChI is InChI=1S/C19H22N6O2/c1-26-17-4-2-16(3-5-17)25-7-6-15(23-25)13-20-18-12-19(22-14-21-18)24-8-10-27-11-9-24/h2-7,12,14H,8-11,13H2,1H3,(H,20,21,22). The van der Waals surface area contributed by atoms with E-state index < -0.39 is 0 Å². The smallest absolute Gasteiger partial charge is 0.134 e. The minimum Gasteiger partial charge on any atom is -0.497 e. The van der Waals surface area contributed by atoms with Crippen LogP contribution in [0.15, 0.2) is 48.9 Å². The molecule has 3 heterocycles. The third kappa shape index (κ3) is 4.17. The highest BCUT2D eigenvalue weighted by atomic mass is 16.5. The number of morpholine rings is 1. The van der Waals surface area contributed by atoms with Crippen molar-refractivity contribution in [2.45, 2.75) is 6.54 Å². The van der Waals surface area contributed by atoms with Gasteiger partial charge >= 0.3 is 0 Å². The van der Waals surface area contributed by atoms with Crippen LogP contribution in [0.5, 0.6) is 5.75 Å². The number of nitrogens with one attached hydrogen (secondary N) is 1. The van der Waals surface area contributed by atoms with Crippen molar-refractivity contribution in [2.24, 2.45) is 0 Å². The van der Waals surface area contributed by atoms with Crippen molar-refractivity contribution in [1.82, 2.24) is 19.7 Å². The average Bonchev–Trinajstić information content (AvgIpc) is 3.22. The Labute approximate surface area is 157 Å². The molecule has 8 nitrogen and oxygen atoms in total. The minimum absolute atomic E-state index is 0.586. The van der Waals surface area contributed by atoms with E-state index in [-0.39, 0.29) is 0 Å². The van der Waals surface area contributed by atoms with Gasteiger partial charge in [0.1, 0.15) is 23.7 Å². The Morgan fingerprint density at radius 2 is 1.93 bits per heavy atom. The third-order valence-electron chi connectivity index (χ3n) is 4.42. The molecule has 0 spiro atoms. The van der Waals surface area contributed by atoms with Crippen LogP contribution < -0.4 is 15.0 Å². The number of hydrogen-bond acceptors (Lipinski definition) is 7. The van der Waals surface area contributed by atoms with Gasteiger partial charge in [0.2, 0.25) is 0 Å². The molecule has 1 saturated heterocycles. The van der Waals surface area contributed by atoms with Gasteiger partial charge in [0.05, 0.1) is 38.2 Å². The minimum atomic E-state index is 0.586. The van der Waals surface area contributed by atoms with E-state index in [0.29, 0.717) is 6.54 Å². The molecule has 0 saturated carbocycles. The van der Waals surface area contributed by atoms with E-state index in [2.05, 4.69) is 25.3 Å². The predicted molar refractivity (Wildman–Crippen MR) is 103 cm³/mol. The zero-order chi connectivity index (χ0) is 18.5. The maximum atomic E-state index is 5.39. The first-order chi connectivity index (χ1) is 13.3. The SMILES string of the molecule is COc1ccc(-n2ccc(CNc3cc(N4CCOCC4)ncn3)n2)cc1. The summed E-state index contributed by atoms with van der Waals surface area (Å²) in [5.74, 6) is 2.53. The van der Waals surface area contributed by atoms with E-state index in [1.165, 1.54) is 0 Å². The van der Waals surface area contributed by atoms with E-state index in [0.717, 1.165) is 55.1 Å². The Hall–Kier alpha value is -3.13. The highest BCUT2D eigenvalue weighted by molar-refractivity contribution is 5.48. The normalized spacial score (nSPS) is 14.2. The highest BCUT2D eigenvalue weighted by Gasteiger charge is 2.13. The zero-order valence-corrected chi connectivity index (χ0v) is 15.2. The molecule has 3 aromatic rings. The second-order valence-electron chi connectivity index (χ2n) is 6.16. The lowest BCUT2D eigenvalue weighted by atomic mass is 10.3. The van der Waals surface area contributed by atoms with Gasteiger partial charge in [-0.3, -0.25) is 0 Å². The van der Waals surface area contributed by atoms with Crippen LogP contribution in [-0.4, -0.2) is 53.2 Å². The average molecular weight is 366 g/mol. The summed E-state index contributed by atoms with van der Waals surface area (Å²) >= 11 is 0. The number of nitrogens with zero attached hydrogens (tertiary/aromatic N) is 5. The Bertz CT molecular complexity index is 874. The molecule has 27 heavy (non-hydrogen) atoms. The van der Waals surface area contributed by atoms with Gasteiger partial charge in [-0.05, 0) is 30.3 Å². The summed E-state index contributed by atoms with van der Waals surface area (Å²) in [5.41, 5.74) is 1.91. The molecule has 0 aliphatic carbocycles. The molecule has 4 rings (SSSR count). The van der Waals surface area contributed by atoms with E-state index in [1.807, 2.05) is 47.3 Å². The van der Waals surface area contributed by atoms with Crippen molar-refractivity contribution in [3.63, 3.8) is 0 Å². The number of aromatic nitrogens is 4. The summed E-state index contributed by atoms with van der Waals surface area (Å²) in [7, 11) is 1.66. The van der Waals surface area contributed by atoms with Crippen molar-refractivity contribution in [1.29, 1.82) is 0 Å². The lowest BCUT2D eigenvalue weighted by Gasteiger charge is -2.27. The molecule has 0 atom stereocenters. The molecule has 1 aliphatic rings. The Kier molecular flexibility index (Phi) is 5.15. The van der Waals surface area contributed by atoms with E-state index in [4.69, 9.17) is 9.47 Å². The summed E-state index contributed by atoms with van der Waals surface area (Å²) in [6.07, 6.45) is 3.53. The molecular formula is C19H22N6O2. The monoisotopic (exact) mass is 366 g/mol. The van der Waals surface area contributed by atoms with Crippen molar-refractivity contribution < 1.29 is 9.47 Å². The second kappa shape index (κ2) is 8.05. The van der Waals surface area contributed by atoms with Crippen LogP contribution in [0.3, 0.4) is 0 Å². The number of ether oxygens (including phenoxy) is 2. The fraction of sp³-hybridized carbons (Fsp3) is 0.316. The first kappa shape index (κ1) is 17.3. The fourth-order valence-electron chi connectivity index (χ4n) is 2.92. The summed E-state index contributed by atoms with van der Waals surface area (Å²) in [5, 5.41) is 7.92. The topological polar surface area (TPSA) is 77.3 Å². The van der Waals surface area contributed by atoms with Crippen LogP contribution in [0.1, 0.15) is 5.69 Å². The van der Waals surface area contributed by atoms with Crippen molar-refractivity contribution in [3.05, 3.63) is 54.6 Å². The quantitative estimate of drug-likeness (QED) is 0.716. The summed E-state index contributed by atoms with van der Waals surface area (Å²) < 4.78 is 12.4. The summed E-state index contributed by atoms with van der Waals surface area (Å²) in [6, 6.07) is 11.7. The first-order valence-electron chi connectivity index (χ1n) is 8.89. The number of methoxy groups -OCH3 is 1. The molecule has 1 fully saturated rings. The molecule has 1 aliphatic heterocycles. The lowest BCUT2D eigenvalue weighted by Crippen LogP contribution is -2.36. The Balaban J connectivity index is 1.39. The molecule has 2 aromatic heterocycles. The van der Waals surface area contributed by atoms with Crippen molar-refractivity contribution >= 4 is 11.6 Å². The van der Waals surface area contributed by atoms with Crippen LogP contribution in [0.2, 0.25) is 0 Å². The summed E-state index contributed by atoms with van der Waals surface area (Å²) in [4.78, 5) is 10.9. The maximum Gasteiger partial charge on any atom is 0.134 e. The molecule has 0 amide bonds. The molecule has 1 aromatic carbocycles. The van der Waals surface area contributed by atoms with Crippen LogP contribution >= 0.6 is 0 Å². The predicted octanol–water partition coefficient (Wildman–Crippen LogP) is 2.12. The van der Waals surface area contributed by atoms with Crippen LogP contribution in [-0.2, 0) is 11.3 Å².